The lowest BCUT2D eigenvalue weighted by Crippen LogP contribution is -2.29. The number of carbonyl (C=O) groups is 2. The summed E-state index contributed by atoms with van der Waals surface area (Å²) in [5.41, 5.74) is 1.80. The highest BCUT2D eigenvalue weighted by Crippen LogP contribution is 2.42. The molecule has 0 bridgehead atoms. The summed E-state index contributed by atoms with van der Waals surface area (Å²) in [5.74, 6) is 0.450. The lowest BCUT2D eigenvalue weighted by atomic mass is 9.95. The Bertz CT molecular complexity index is 1370. The molecule has 1 saturated heterocycles. The Morgan fingerprint density at radius 1 is 1.08 bits per heavy atom. The average Bonchev–Trinajstić information content (AvgIpc) is 3.18. The van der Waals surface area contributed by atoms with Gasteiger partial charge in [-0.25, -0.2) is 0 Å². The number of Topliss-reactive ketones (excluding diaryl/α,β-unsaturated/α-hetero) is 1. The molecule has 1 unspecified atom stereocenters. The summed E-state index contributed by atoms with van der Waals surface area (Å²) in [6, 6.07) is 15.1. The van der Waals surface area contributed by atoms with Crippen molar-refractivity contribution in [1.29, 1.82) is 0 Å². The van der Waals surface area contributed by atoms with E-state index in [-0.39, 0.29) is 17.9 Å². The van der Waals surface area contributed by atoms with E-state index in [2.05, 4.69) is 18.8 Å². The normalized spacial score (nSPS) is 18.2. The van der Waals surface area contributed by atoms with Crippen LogP contribution in [-0.4, -0.2) is 46.5 Å². The maximum absolute atomic E-state index is 13.4. The molecule has 3 heterocycles. The molecule has 1 fully saturated rings. The van der Waals surface area contributed by atoms with E-state index in [0.29, 0.717) is 54.1 Å². The van der Waals surface area contributed by atoms with Gasteiger partial charge < -0.3 is 24.2 Å². The first-order chi connectivity index (χ1) is 18.4. The van der Waals surface area contributed by atoms with Crippen LogP contribution in [0.3, 0.4) is 0 Å². The maximum atomic E-state index is 13.4. The Hall–Kier alpha value is -4.33. The van der Waals surface area contributed by atoms with Gasteiger partial charge in [0.15, 0.2) is 11.5 Å². The highest BCUT2D eigenvalue weighted by Gasteiger charge is 2.46. The minimum atomic E-state index is -0.822. The quantitative estimate of drug-likeness (QED) is 0.259. The number of rotatable bonds is 8. The van der Waals surface area contributed by atoms with Gasteiger partial charge in [-0.05, 0) is 59.9 Å². The van der Waals surface area contributed by atoms with Crippen molar-refractivity contribution in [2.24, 2.45) is 5.92 Å². The van der Waals surface area contributed by atoms with Gasteiger partial charge in [-0.15, -0.1) is 0 Å². The number of hydrogen-bond donors (Lipinski definition) is 1. The maximum Gasteiger partial charge on any atom is 0.295 e. The Labute approximate surface area is 221 Å². The van der Waals surface area contributed by atoms with Crippen LogP contribution in [0.5, 0.6) is 17.2 Å². The number of benzene rings is 2. The molecule has 0 aliphatic carbocycles. The van der Waals surface area contributed by atoms with Crippen LogP contribution < -0.4 is 14.2 Å². The highest BCUT2D eigenvalue weighted by molar-refractivity contribution is 6.46. The summed E-state index contributed by atoms with van der Waals surface area (Å²) in [5, 5.41) is 11.4. The number of likely N-dealkylation sites (tertiary alicyclic amines) is 1. The molecular formula is C30H30N2O6. The fraction of sp³-hybridized carbons (Fsp3) is 0.300. The number of fused-ring (bicyclic) bond motifs is 1. The zero-order valence-corrected chi connectivity index (χ0v) is 21.4. The second-order valence-corrected chi connectivity index (χ2v) is 9.75. The van der Waals surface area contributed by atoms with Crippen molar-refractivity contribution in [3.05, 3.63) is 89.3 Å². The highest BCUT2D eigenvalue weighted by atomic mass is 16.6. The van der Waals surface area contributed by atoms with Crippen LogP contribution in [0.1, 0.15) is 43.0 Å². The van der Waals surface area contributed by atoms with E-state index in [1.807, 2.05) is 30.3 Å². The first-order valence-electron chi connectivity index (χ1n) is 12.7. The number of nitrogens with zero attached hydrogens (tertiary/aromatic N) is 2. The van der Waals surface area contributed by atoms with Crippen molar-refractivity contribution in [2.75, 3.05) is 19.8 Å². The predicted molar refractivity (Wildman–Crippen MR) is 141 cm³/mol. The van der Waals surface area contributed by atoms with Crippen LogP contribution in [0.15, 0.2) is 72.6 Å². The van der Waals surface area contributed by atoms with Crippen LogP contribution >= 0.6 is 0 Å². The molecule has 8 heteroatoms. The molecule has 0 spiro atoms. The Morgan fingerprint density at radius 2 is 1.89 bits per heavy atom. The molecule has 1 atom stereocenters. The summed E-state index contributed by atoms with van der Waals surface area (Å²) in [6.45, 7) is 5.78. The molecule has 2 aromatic carbocycles. The largest absolute Gasteiger partial charge is 0.507 e. The fourth-order valence-corrected chi connectivity index (χ4v) is 4.61. The number of aromatic nitrogens is 1. The van der Waals surface area contributed by atoms with E-state index in [1.54, 1.807) is 36.7 Å². The van der Waals surface area contributed by atoms with Gasteiger partial charge in [0, 0.05) is 24.5 Å². The lowest BCUT2D eigenvalue weighted by Gasteiger charge is -2.26. The van der Waals surface area contributed by atoms with Gasteiger partial charge in [0.2, 0.25) is 0 Å². The van der Waals surface area contributed by atoms with Crippen LogP contribution in [-0.2, 0) is 16.1 Å². The average molecular weight is 515 g/mol. The van der Waals surface area contributed by atoms with Crippen molar-refractivity contribution in [1.82, 2.24) is 9.88 Å². The van der Waals surface area contributed by atoms with Crippen LogP contribution in [0, 0.1) is 5.92 Å². The number of carbonyl (C=O) groups excluding carboxylic acids is 2. The zero-order valence-electron chi connectivity index (χ0n) is 21.4. The number of amides is 1. The van der Waals surface area contributed by atoms with Crippen LogP contribution in [0.2, 0.25) is 0 Å². The number of aliphatic hydroxyl groups is 1. The van der Waals surface area contributed by atoms with Gasteiger partial charge >= 0.3 is 0 Å². The minimum Gasteiger partial charge on any atom is -0.507 e. The first-order valence-corrected chi connectivity index (χ1v) is 12.7. The van der Waals surface area contributed by atoms with Crippen molar-refractivity contribution < 1.29 is 28.9 Å². The molecular weight excluding hydrogens is 484 g/mol. The molecule has 196 valence electrons. The van der Waals surface area contributed by atoms with Gasteiger partial charge in [0.05, 0.1) is 18.2 Å². The molecule has 3 aromatic rings. The molecule has 5 rings (SSSR count). The monoisotopic (exact) mass is 514 g/mol. The Morgan fingerprint density at radius 3 is 2.66 bits per heavy atom. The van der Waals surface area contributed by atoms with Crippen molar-refractivity contribution >= 4 is 17.4 Å². The Balaban J connectivity index is 1.57. The summed E-state index contributed by atoms with van der Waals surface area (Å²) in [4.78, 5) is 32.4. The van der Waals surface area contributed by atoms with Crippen molar-refractivity contribution in [2.45, 2.75) is 32.9 Å². The van der Waals surface area contributed by atoms with Crippen LogP contribution in [0.4, 0.5) is 0 Å². The summed E-state index contributed by atoms with van der Waals surface area (Å²) >= 11 is 0. The van der Waals surface area contributed by atoms with Gasteiger partial charge in [0.1, 0.15) is 24.7 Å². The van der Waals surface area contributed by atoms with Gasteiger partial charge in [0.25, 0.3) is 11.7 Å². The van der Waals surface area contributed by atoms with Crippen molar-refractivity contribution in [3.63, 3.8) is 0 Å². The Kier molecular flexibility index (Phi) is 7.31. The zero-order chi connectivity index (χ0) is 26.6. The molecule has 0 radical (unpaired) electrons. The topological polar surface area (TPSA) is 98.2 Å². The SMILES string of the molecule is CC(C)CCOc1cccc(C2/C(=C(/O)c3ccc4c(c3)OCCO4)C(=O)C(=O)N2Cc2cccnc2)c1. The molecule has 1 aromatic heterocycles. The number of hydrogen-bond acceptors (Lipinski definition) is 7. The number of ether oxygens (including phenoxy) is 3. The summed E-state index contributed by atoms with van der Waals surface area (Å²) in [6.07, 6.45) is 4.20. The van der Waals surface area contributed by atoms with Gasteiger partial charge in [-0.2, -0.15) is 0 Å². The first kappa shape index (κ1) is 25.3. The van der Waals surface area contributed by atoms with Crippen molar-refractivity contribution in [3.8, 4) is 17.2 Å². The number of ketones is 1. The summed E-state index contributed by atoms with van der Waals surface area (Å²) in [7, 11) is 0. The number of pyridine rings is 1. The predicted octanol–water partition coefficient (Wildman–Crippen LogP) is 4.90. The molecule has 2 aliphatic heterocycles. The van der Waals surface area contributed by atoms with Crippen LogP contribution in [0.25, 0.3) is 5.76 Å². The molecule has 38 heavy (non-hydrogen) atoms. The van der Waals surface area contributed by atoms with E-state index in [0.717, 1.165) is 12.0 Å². The smallest absolute Gasteiger partial charge is 0.295 e. The third-order valence-corrected chi connectivity index (χ3v) is 6.57. The van der Waals surface area contributed by atoms with E-state index >= 15 is 0 Å². The van der Waals surface area contributed by atoms with E-state index < -0.39 is 17.7 Å². The summed E-state index contributed by atoms with van der Waals surface area (Å²) < 4.78 is 17.2. The molecule has 0 saturated carbocycles. The second-order valence-electron chi connectivity index (χ2n) is 9.75. The number of aliphatic hydroxyl groups excluding tert-OH is 1. The molecule has 2 aliphatic rings. The van der Waals surface area contributed by atoms with E-state index in [9.17, 15) is 14.7 Å². The van der Waals surface area contributed by atoms with E-state index in [1.165, 1.54) is 4.90 Å². The minimum absolute atomic E-state index is 0.00917. The lowest BCUT2D eigenvalue weighted by molar-refractivity contribution is -0.140. The van der Waals surface area contributed by atoms with Gasteiger partial charge in [-0.3, -0.25) is 14.6 Å². The van der Waals surface area contributed by atoms with E-state index in [4.69, 9.17) is 14.2 Å². The standard InChI is InChI=1S/C30H30N2O6/c1-19(2)10-12-36-23-7-3-6-21(15-23)27-26(28(33)22-8-9-24-25(16-22)38-14-13-37-24)29(34)30(35)32(27)18-20-5-4-11-31-17-20/h3-9,11,15-17,19,27,33H,10,12-14,18H2,1-2H3/b28-26-. The molecule has 1 N–H and O–H groups in total. The third kappa shape index (κ3) is 5.20. The third-order valence-electron chi connectivity index (χ3n) is 6.57. The fourth-order valence-electron chi connectivity index (χ4n) is 4.61. The second kappa shape index (κ2) is 11.0. The molecule has 8 nitrogen and oxygen atoms in total. The van der Waals surface area contributed by atoms with Gasteiger partial charge in [-0.1, -0.05) is 32.0 Å². The molecule has 1 amide bonds.